The number of benzene rings is 1. The van der Waals surface area contributed by atoms with E-state index in [0.29, 0.717) is 19.0 Å². The molecule has 3 rings (SSSR count). The highest BCUT2D eigenvalue weighted by Crippen LogP contribution is 2.30. The summed E-state index contributed by atoms with van der Waals surface area (Å²) < 4.78 is 16.8. The molecule has 1 aromatic heterocycles. The third-order valence-corrected chi connectivity index (χ3v) is 4.65. The van der Waals surface area contributed by atoms with Crippen molar-refractivity contribution < 1.29 is 19.0 Å². The van der Waals surface area contributed by atoms with Gasteiger partial charge in [0.05, 0.1) is 19.3 Å². The quantitative estimate of drug-likeness (QED) is 0.703. The maximum Gasteiger partial charge on any atom is 0.130 e. The lowest BCUT2D eigenvalue weighted by atomic mass is 9.94. The minimum absolute atomic E-state index is 0.0318. The van der Waals surface area contributed by atoms with Crippen LogP contribution in [0.15, 0.2) is 70.7 Å². The molecule has 0 amide bonds. The van der Waals surface area contributed by atoms with E-state index in [1.54, 1.807) is 13.2 Å². The molecule has 4 nitrogen and oxygen atoms in total. The van der Waals surface area contributed by atoms with Crippen LogP contribution in [0.25, 0.3) is 11.6 Å². The minimum Gasteiger partial charge on any atom is -0.459 e. The second kappa shape index (κ2) is 9.51. The van der Waals surface area contributed by atoms with Crippen LogP contribution in [0, 0.1) is 0 Å². The molecule has 27 heavy (non-hydrogen) atoms. The lowest BCUT2D eigenvalue weighted by molar-refractivity contribution is 0.116. The number of hydrogen-bond acceptors (Lipinski definition) is 4. The second-order valence-corrected chi connectivity index (χ2v) is 6.55. The van der Waals surface area contributed by atoms with Crippen LogP contribution in [0.5, 0.6) is 0 Å². The molecule has 0 radical (unpaired) electrons. The van der Waals surface area contributed by atoms with E-state index in [1.807, 2.05) is 30.3 Å². The van der Waals surface area contributed by atoms with Crippen LogP contribution < -0.4 is 0 Å². The summed E-state index contributed by atoms with van der Waals surface area (Å²) in [6, 6.07) is 13.9. The average molecular weight is 366 g/mol. The normalized spacial score (nSPS) is 17.2. The van der Waals surface area contributed by atoms with Crippen LogP contribution in [0.2, 0.25) is 0 Å². The van der Waals surface area contributed by atoms with E-state index < -0.39 is 0 Å². The van der Waals surface area contributed by atoms with Crippen molar-refractivity contribution in [1.29, 1.82) is 0 Å². The van der Waals surface area contributed by atoms with E-state index in [9.17, 15) is 5.11 Å². The fourth-order valence-corrected chi connectivity index (χ4v) is 3.31. The molecule has 0 fully saturated rings. The molecule has 1 aliphatic heterocycles. The van der Waals surface area contributed by atoms with Gasteiger partial charge in [0.2, 0.25) is 0 Å². The SMILES string of the molecule is C=C(COC)C1=CCOC1CC/C(=C/c1ccc(CO)o1)c1ccccc1. The van der Waals surface area contributed by atoms with Crippen LogP contribution in [-0.2, 0) is 16.1 Å². The van der Waals surface area contributed by atoms with Crippen molar-refractivity contribution in [2.75, 3.05) is 20.3 Å². The Morgan fingerprint density at radius 3 is 2.78 bits per heavy atom. The highest BCUT2D eigenvalue weighted by molar-refractivity contribution is 5.80. The van der Waals surface area contributed by atoms with Crippen molar-refractivity contribution >= 4 is 11.6 Å². The molecule has 1 aliphatic rings. The van der Waals surface area contributed by atoms with Gasteiger partial charge in [-0.25, -0.2) is 0 Å². The monoisotopic (exact) mass is 366 g/mol. The Labute approximate surface area is 160 Å². The number of rotatable bonds is 9. The Bertz CT molecular complexity index is 814. The molecule has 2 heterocycles. The molecule has 0 saturated carbocycles. The first-order chi connectivity index (χ1) is 13.2. The summed E-state index contributed by atoms with van der Waals surface area (Å²) in [6.07, 6.45) is 5.85. The fourth-order valence-electron chi connectivity index (χ4n) is 3.31. The fraction of sp³-hybridized carbons (Fsp3) is 0.304. The zero-order chi connectivity index (χ0) is 19.1. The summed E-state index contributed by atoms with van der Waals surface area (Å²) in [7, 11) is 1.68. The molecule has 4 heteroatoms. The van der Waals surface area contributed by atoms with Gasteiger partial charge in [-0.1, -0.05) is 43.0 Å². The summed E-state index contributed by atoms with van der Waals surface area (Å²) >= 11 is 0. The summed E-state index contributed by atoms with van der Waals surface area (Å²) in [5.74, 6) is 1.30. The smallest absolute Gasteiger partial charge is 0.130 e. The second-order valence-electron chi connectivity index (χ2n) is 6.55. The van der Waals surface area contributed by atoms with E-state index in [4.69, 9.17) is 13.9 Å². The first kappa shape index (κ1) is 19.4. The van der Waals surface area contributed by atoms with Crippen molar-refractivity contribution in [3.05, 3.63) is 83.3 Å². The number of aliphatic hydroxyl groups is 1. The van der Waals surface area contributed by atoms with Gasteiger partial charge >= 0.3 is 0 Å². The molecule has 1 aromatic carbocycles. The zero-order valence-electron chi connectivity index (χ0n) is 15.7. The van der Waals surface area contributed by atoms with Gasteiger partial charge in [0.25, 0.3) is 0 Å². The maximum absolute atomic E-state index is 9.22. The van der Waals surface area contributed by atoms with E-state index in [0.717, 1.165) is 35.3 Å². The third-order valence-electron chi connectivity index (χ3n) is 4.65. The standard InChI is InChI=1S/C23H26O4/c1-17(16-25-2)22-12-13-26-23(22)11-8-19(18-6-4-3-5-7-18)14-20-9-10-21(15-24)27-20/h3-7,9-10,12,14,23-24H,1,8,11,13,15-16H2,2H3/b19-14-. The Kier molecular flexibility index (Phi) is 6.82. The highest BCUT2D eigenvalue weighted by atomic mass is 16.5. The molecular weight excluding hydrogens is 340 g/mol. The Hall–Kier alpha value is -2.40. The van der Waals surface area contributed by atoms with E-state index in [2.05, 4.69) is 24.8 Å². The lowest BCUT2D eigenvalue weighted by Crippen LogP contribution is -2.13. The van der Waals surface area contributed by atoms with Crippen LogP contribution in [0.3, 0.4) is 0 Å². The highest BCUT2D eigenvalue weighted by Gasteiger charge is 2.22. The summed E-state index contributed by atoms with van der Waals surface area (Å²) in [6.45, 7) is 5.15. The molecule has 1 unspecified atom stereocenters. The van der Waals surface area contributed by atoms with Gasteiger partial charge in [-0.2, -0.15) is 0 Å². The Balaban J connectivity index is 1.76. The van der Waals surface area contributed by atoms with Crippen molar-refractivity contribution in [1.82, 2.24) is 0 Å². The van der Waals surface area contributed by atoms with E-state index >= 15 is 0 Å². The van der Waals surface area contributed by atoms with Gasteiger partial charge in [-0.3, -0.25) is 0 Å². The average Bonchev–Trinajstić information content (AvgIpc) is 3.35. The van der Waals surface area contributed by atoms with Crippen LogP contribution >= 0.6 is 0 Å². The van der Waals surface area contributed by atoms with E-state index in [-0.39, 0.29) is 12.7 Å². The topological polar surface area (TPSA) is 51.8 Å². The van der Waals surface area contributed by atoms with Crippen LogP contribution in [-0.4, -0.2) is 31.5 Å². The predicted octanol–water partition coefficient (Wildman–Crippen LogP) is 4.62. The predicted molar refractivity (Wildman–Crippen MR) is 107 cm³/mol. The summed E-state index contributed by atoms with van der Waals surface area (Å²) in [4.78, 5) is 0. The molecule has 142 valence electrons. The third kappa shape index (κ3) is 5.07. The first-order valence-electron chi connectivity index (χ1n) is 9.15. The molecule has 2 aromatic rings. The number of furan rings is 1. The summed E-state index contributed by atoms with van der Waals surface area (Å²) in [5, 5.41) is 9.22. The van der Waals surface area contributed by atoms with Crippen LogP contribution in [0.1, 0.15) is 29.9 Å². The molecular formula is C23H26O4. The Morgan fingerprint density at radius 1 is 1.26 bits per heavy atom. The Morgan fingerprint density at radius 2 is 2.07 bits per heavy atom. The summed E-state index contributed by atoms with van der Waals surface area (Å²) in [5.41, 5.74) is 4.44. The molecule has 0 saturated heterocycles. The van der Waals surface area contributed by atoms with Crippen molar-refractivity contribution in [2.24, 2.45) is 0 Å². The molecule has 0 bridgehead atoms. The van der Waals surface area contributed by atoms with Gasteiger partial charge in [-0.05, 0) is 53.3 Å². The number of allylic oxidation sites excluding steroid dienone is 1. The van der Waals surface area contributed by atoms with Crippen molar-refractivity contribution in [3.63, 3.8) is 0 Å². The van der Waals surface area contributed by atoms with Crippen molar-refractivity contribution in [3.8, 4) is 0 Å². The number of ether oxygens (including phenoxy) is 2. The number of hydrogen-bond donors (Lipinski definition) is 1. The van der Waals surface area contributed by atoms with Gasteiger partial charge in [0.15, 0.2) is 0 Å². The number of aliphatic hydroxyl groups excluding tert-OH is 1. The van der Waals surface area contributed by atoms with Gasteiger partial charge in [0.1, 0.15) is 18.1 Å². The number of methoxy groups -OCH3 is 1. The molecule has 1 N–H and O–H groups in total. The molecule has 0 spiro atoms. The van der Waals surface area contributed by atoms with E-state index in [1.165, 1.54) is 5.57 Å². The molecule has 0 aliphatic carbocycles. The van der Waals surface area contributed by atoms with Gasteiger partial charge < -0.3 is 19.0 Å². The largest absolute Gasteiger partial charge is 0.459 e. The lowest BCUT2D eigenvalue weighted by Gasteiger charge is -2.17. The van der Waals surface area contributed by atoms with Gasteiger partial charge in [-0.15, -0.1) is 0 Å². The zero-order valence-corrected chi connectivity index (χ0v) is 15.7. The first-order valence-corrected chi connectivity index (χ1v) is 9.15. The minimum atomic E-state index is -0.0970. The van der Waals surface area contributed by atoms with Crippen LogP contribution in [0.4, 0.5) is 0 Å². The van der Waals surface area contributed by atoms with Crippen molar-refractivity contribution in [2.45, 2.75) is 25.6 Å². The maximum atomic E-state index is 9.22. The molecule has 1 atom stereocenters. The van der Waals surface area contributed by atoms with Gasteiger partial charge in [0, 0.05) is 7.11 Å².